The molecule has 0 fully saturated rings. The minimum Gasteiger partial charge on any atom is -0.478 e. The van der Waals surface area contributed by atoms with Crippen LogP contribution in [-0.4, -0.2) is 25.8 Å². The van der Waals surface area contributed by atoms with Gasteiger partial charge in [0.05, 0.1) is 5.56 Å². The lowest BCUT2D eigenvalue weighted by Crippen LogP contribution is -2.19. The molecule has 0 saturated heterocycles. The Morgan fingerprint density at radius 1 is 1.37 bits per heavy atom. The number of rotatable bonds is 4. The number of carboxylic acid groups (broad SMARTS) is 1. The van der Waals surface area contributed by atoms with Crippen LogP contribution < -0.4 is 5.69 Å². The molecule has 19 heavy (non-hydrogen) atoms. The Labute approximate surface area is 113 Å². The highest BCUT2D eigenvalue weighted by Gasteiger charge is 2.12. The zero-order chi connectivity index (χ0) is 14.0. The van der Waals surface area contributed by atoms with Crippen LogP contribution in [0, 0.1) is 0 Å². The van der Waals surface area contributed by atoms with Crippen molar-refractivity contribution in [2.24, 2.45) is 0 Å². The van der Waals surface area contributed by atoms with E-state index in [1.807, 2.05) is 13.8 Å². The fraction of sp³-hybridized carbons (Fsp3) is 0.250. The van der Waals surface area contributed by atoms with Gasteiger partial charge < -0.3 is 5.11 Å². The molecule has 0 aliphatic rings. The number of H-pyrrole nitrogens is 1. The number of carbonyl (C=O) groups is 1. The lowest BCUT2D eigenvalue weighted by atomic mass is 10.2. The second-order valence-corrected chi connectivity index (χ2v) is 5.25. The molecule has 0 unspecified atom stereocenters. The summed E-state index contributed by atoms with van der Waals surface area (Å²) in [5.74, 6) is -0.963. The van der Waals surface area contributed by atoms with E-state index in [-0.39, 0.29) is 17.3 Å². The van der Waals surface area contributed by atoms with Crippen LogP contribution in [0.5, 0.6) is 0 Å². The minimum absolute atomic E-state index is 0.00652. The molecule has 2 N–H and O–H groups in total. The van der Waals surface area contributed by atoms with E-state index in [4.69, 9.17) is 5.11 Å². The van der Waals surface area contributed by atoms with Crippen LogP contribution >= 0.6 is 11.8 Å². The van der Waals surface area contributed by atoms with E-state index in [1.54, 1.807) is 16.7 Å². The Bertz CT molecular complexity index is 643. The highest BCUT2D eigenvalue weighted by atomic mass is 32.2. The summed E-state index contributed by atoms with van der Waals surface area (Å²) in [4.78, 5) is 23.1. The Morgan fingerprint density at radius 3 is 2.53 bits per heavy atom. The summed E-state index contributed by atoms with van der Waals surface area (Å²) >= 11 is 1.31. The monoisotopic (exact) mass is 279 g/mol. The molecule has 0 bridgehead atoms. The predicted octanol–water partition coefficient (Wildman–Crippen LogP) is 2.00. The molecule has 1 aromatic carbocycles. The fourth-order valence-electron chi connectivity index (χ4n) is 1.59. The van der Waals surface area contributed by atoms with E-state index in [2.05, 4.69) is 10.2 Å². The molecule has 1 heterocycles. The first-order valence-electron chi connectivity index (χ1n) is 5.67. The van der Waals surface area contributed by atoms with Gasteiger partial charge in [0.15, 0.2) is 5.16 Å². The number of benzene rings is 1. The summed E-state index contributed by atoms with van der Waals surface area (Å²) in [5.41, 5.74) is -0.0210. The van der Waals surface area contributed by atoms with Crippen LogP contribution in [0.1, 0.15) is 30.2 Å². The van der Waals surface area contributed by atoms with E-state index in [1.165, 1.54) is 23.9 Å². The molecule has 6 nitrogen and oxygen atoms in total. The van der Waals surface area contributed by atoms with Crippen molar-refractivity contribution < 1.29 is 9.90 Å². The van der Waals surface area contributed by atoms with Gasteiger partial charge in [-0.3, -0.25) is 4.57 Å². The highest BCUT2D eigenvalue weighted by Crippen LogP contribution is 2.26. The van der Waals surface area contributed by atoms with E-state index in [0.717, 1.165) is 4.90 Å². The van der Waals surface area contributed by atoms with Crippen molar-refractivity contribution in [3.8, 4) is 0 Å². The predicted molar refractivity (Wildman–Crippen MR) is 70.8 cm³/mol. The van der Waals surface area contributed by atoms with Crippen LogP contribution in [0.3, 0.4) is 0 Å². The molecule has 100 valence electrons. The van der Waals surface area contributed by atoms with Crippen molar-refractivity contribution in [1.82, 2.24) is 14.8 Å². The first-order chi connectivity index (χ1) is 8.99. The number of hydrogen-bond acceptors (Lipinski definition) is 4. The Balaban J connectivity index is 2.26. The average Bonchev–Trinajstić information content (AvgIpc) is 2.71. The summed E-state index contributed by atoms with van der Waals surface area (Å²) in [6.07, 6.45) is 0. The zero-order valence-corrected chi connectivity index (χ0v) is 11.3. The number of carboxylic acids is 1. The quantitative estimate of drug-likeness (QED) is 0.893. The fourth-order valence-corrected chi connectivity index (χ4v) is 2.55. The Kier molecular flexibility index (Phi) is 3.75. The summed E-state index contributed by atoms with van der Waals surface area (Å²) < 4.78 is 1.55. The second kappa shape index (κ2) is 5.31. The van der Waals surface area contributed by atoms with E-state index >= 15 is 0 Å². The van der Waals surface area contributed by atoms with Gasteiger partial charge in [-0.05, 0) is 49.9 Å². The normalized spacial score (nSPS) is 10.9. The van der Waals surface area contributed by atoms with Crippen LogP contribution in [0.15, 0.2) is 39.1 Å². The zero-order valence-electron chi connectivity index (χ0n) is 10.5. The Hall–Kier alpha value is -2.02. The van der Waals surface area contributed by atoms with Gasteiger partial charge in [-0.15, -0.1) is 5.10 Å². The molecule has 0 aliphatic heterocycles. The van der Waals surface area contributed by atoms with Gasteiger partial charge in [0.25, 0.3) is 0 Å². The van der Waals surface area contributed by atoms with Gasteiger partial charge in [-0.25, -0.2) is 14.7 Å². The van der Waals surface area contributed by atoms with Gasteiger partial charge in [-0.1, -0.05) is 0 Å². The molecule has 7 heteroatoms. The van der Waals surface area contributed by atoms with Crippen molar-refractivity contribution in [3.63, 3.8) is 0 Å². The molecule has 0 spiro atoms. The molecule has 0 saturated carbocycles. The molecule has 0 radical (unpaired) electrons. The van der Waals surface area contributed by atoms with Gasteiger partial charge in [0, 0.05) is 10.9 Å². The third-order valence-electron chi connectivity index (χ3n) is 2.50. The summed E-state index contributed by atoms with van der Waals surface area (Å²) in [7, 11) is 0. The summed E-state index contributed by atoms with van der Waals surface area (Å²) in [5, 5.41) is 15.7. The number of aromatic carboxylic acids is 1. The maximum absolute atomic E-state index is 11.6. The Morgan fingerprint density at radius 2 is 2.00 bits per heavy atom. The molecule has 0 aliphatic carbocycles. The van der Waals surface area contributed by atoms with Gasteiger partial charge in [0.2, 0.25) is 0 Å². The molecular weight excluding hydrogens is 266 g/mol. The second-order valence-electron chi connectivity index (χ2n) is 4.21. The SMILES string of the molecule is CC(C)n1c(Sc2ccc(C(=O)O)cc2)n[nH]c1=O. The maximum Gasteiger partial charge on any atom is 0.344 e. The van der Waals surface area contributed by atoms with E-state index in [0.29, 0.717) is 5.16 Å². The topological polar surface area (TPSA) is 88.0 Å². The largest absolute Gasteiger partial charge is 0.478 e. The lowest BCUT2D eigenvalue weighted by molar-refractivity contribution is 0.0697. The van der Waals surface area contributed by atoms with E-state index in [9.17, 15) is 9.59 Å². The van der Waals surface area contributed by atoms with Crippen molar-refractivity contribution in [2.45, 2.75) is 29.9 Å². The summed E-state index contributed by atoms with van der Waals surface area (Å²) in [6, 6.07) is 6.44. The van der Waals surface area contributed by atoms with Crippen LogP contribution in [0.25, 0.3) is 0 Å². The molecular formula is C12H13N3O3S. The van der Waals surface area contributed by atoms with Crippen LogP contribution in [0.4, 0.5) is 0 Å². The minimum atomic E-state index is -0.963. The van der Waals surface area contributed by atoms with Gasteiger partial charge >= 0.3 is 11.7 Å². The number of aromatic amines is 1. The van der Waals surface area contributed by atoms with Crippen LogP contribution in [-0.2, 0) is 0 Å². The first-order valence-corrected chi connectivity index (χ1v) is 6.49. The third-order valence-corrected chi connectivity index (χ3v) is 3.48. The number of hydrogen-bond donors (Lipinski definition) is 2. The standard InChI is InChI=1S/C12H13N3O3S/c1-7(2)15-11(18)13-14-12(15)19-9-5-3-8(4-6-9)10(16)17/h3-7H,1-2H3,(H,13,18)(H,16,17). The number of nitrogens with zero attached hydrogens (tertiary/aromatic N) is 2. The molecule has 1 aromatic heterocycles. The van der Waals surface area contributed by atoms with E-state index < -0.39 is 5.97 Å². The van der Waals surface area contributed by atoms with Crippen molar-refractivity contribution in [2.75, 3.05) is 0 Å². The molecule has 0 amide bonds. The highest BCUT2D eigenvalue weighted by molar-refractivity contribution is 7.99. The van der Waals surface area contributed by atoms with Crippen molar-refractivity contribution in [1.29, 1.82) is 0 Å². The van der Waals surface area contributed by atoms with Crippen LogP contribution in [0.2, 0.25) is 0 Å². The lowest BCUT2D eigenvalue weighted by Gasteiger charge is -2.08. The maximum atomic E-state index is 11.6. The number of nitrogens with one attached hydrogen (secondary N) is 1. The van der Waals surface area contributed by atoms with Gasteiger partial charge in [0.1, 0.15) is 0 Å². The van der Waals surface area contributed by atoms with Crippen molar-refractivity contribution >= 4 is 17.7 Å². The first kappa shape index (κ1) is 13.4. The molecule has 0 atom stereocenters. The third kappa shape index (κ3) is 2.87. The number of aromatic nitrogens is 3. The smallest absolute Gasteiger partial charge is 0.344 e. The van der Waals surface area contributed by atoms with Crippen molar-refractivity contribution in [3.05, 3.63) is 40.3 Å². The molecule has 2 aromatic rings. The molecule has 2 rings (SSSR count). The van der Waals surface area contributed by atoms with Gasteiger partial charge in [-0.2, -0.15) is 0 Å². The summed E-state index contributed by atoms with van der Waals surface area (Å²) in [6.45, 7) is 3.79. The average molecular weight is 279 g/mol.